The molecule has 0 radical (unpaired) electrons. The first kappa shape index (κ1) is 18.8. The maximum Gasteiger partial charge on any atom is 0.216 e. The molecule has 0 amide bonds. The Morgan fingerprint density at radius 2 is 1.62 bits per heavy atom. The highest BCUT2D eigenvalue weighted by molar-refractivity contribution is 9.10. The highest BCUT2D eigenvalue weighted by atomic mass is 79.9. The number of sulfonamides is 1. The van der Waals surface area contributed by atoms with Crippen LogP contribution in [0.3, 0.4) is 0 Å². The molecule has 24 heavy (non-hydrogen) atoms. The summed E-state index contributed by atoms with van der Waals surface area (Å²) >= 11 is 3.33. The molecule has 2 rings (SSSR count). The molecule has 5 nitrogen and oxygen atoms in total. The molecular weight excluding hydrogens is 394 g/mol. The van der Waals surface area contributed by atoms with Crippen LogP contribution in [0.15, 0.2) is 53.0 Å². The number of ether oxygens (including phenoxy) is 2. The van der Waals surface area contributed by atoms with Gasteiger partial charge in [0, 0.05) is 4.47 Å². The fraction of sp³-hybridized carbons (Fsp3) is 0.294. The zero-order chi connectivity index (χ0) is 17.6. The monoisotopic (exact) mass is 413 g/mol. The van der Waals surface area contributed by atoms with E-state index in [1.54, 1.807) is 50.4 Å². The van der Waals surface area contributed by atoms with Gasteiger partial charge in [-0.3, -0.25) is 0 Å². The predicted octanol–water partition coefficient (Wildman–Crippen LogP) is 3.34. The Hall–Kier alpha value is -1.57. The second-order valence-electron chi connectivity index (χ2n) is 5.39. The fourth-order valence-electron chi connectivity index (χ4n) is 2.08. The number of halogens is 1. The normalized spacial score (nSPS) is 12.6. The summed E-state index contributed by atoms with van der Waals surface area (Å²) in [6.45, 7) is 2.01. The van der Waals surface area contributed by atoms with Gasteiger partial charge in [-0.2, -0.15) is 0 Å². The number of hydrogen-bond donors (Lipinski definition) is 1. The van der Waals surface area contributed by atoms with Crippen molar-refractivity contribution in [3.63, 3.8) is 0 Å². The Labute approximate surface area is 151 Å². The minimum absolute atomic E-state index is 0.0623. The average Bonchev–Trinajstić information content (AvgIpc) is 2.55. The maximum absolute atomic E-state index is 12.2. The smallest absolute Gasteiger partial charge is 0.216 e. The van der Waals surface area contributed by atoms with E-state index in [1.165, 1.54) is 0 Å². The topological polar surface area (TPSA) is 64.6 Å². The van der Waals surface area contributed by atoms with Crippen LogP contribution in [-0.4, -0.2) is 28.2 Å². The quantitative estimate of drug-likeness (QED) is 0.720. The van der Waals surface area contributed by atoms with Crippen molar-refractivity contribution in [3.8, 4) is 11.5 Å². The molecule has 0 saturated carbocycles. The molecule has 0 bridgehead atoms. The minimum atomic E-state index is -3.43. The summed E-state index contributed by atoms with van der Waals surface area (Å²) in [5, 5.41) is 0. The Balaban J connectivity index is 1.85. The highest BCUT2D eigenvalue weighted by Gasteiger charge is 2.16. The third kappa shape index (κ3) is 6.14. The third-order valence-electron chi connectivity index (χ3n) is 3.21. The van der Waals surface area contributed by atoms with Crippen LogP contribution in [0.2, 0.25) is 0 Å². The van der Waals surface area contributed by atoms with Gasteiger partial charge in [0.15, 0.2) is 0 Å². The van der Waals surface area contributed by atoms with E-state index in [-0.39, 0.29) is 18.4 Å². The molecular formula is C17H20BrNO4S. The SMILES string of the molecule is COc1ccc(OC[C@@H](C)NS(=O)(=O)Cc2ccc(Br)cc2)cc1. The largest absolute Gasteiger partial charge is 0.497 e. The molecule has 2 aromatic carbocycles. The summed E-state index contributed by atoms with van der Waals surface area (Å²) in [5.41, 5.74) is 0.731. The number of rotatable bonds is 8. The van der Waals surface area contributed by atoms with E-state index >= 15 is 0 Å². The van der Waals surface area contributed by atoms with E-state index in [4.69, 9.17) is 9.47 Å². The van der Waals surface area contributed by atoms with Gasteiger partial charge in [-0.15, -0.1) is 0 Å². The lowest BCUT2D eigenvalue weighted by molar-refractivity contribution is 0.287. The first-order chi connectivity index (χ1) is 11.4. The van der Waals surface area contributed by atoms with E-state index in [2.05, 4.69) is 20.7 Å². The molecule has 0 unspecified atom stereocenters. The summed E-state index contributed by atoms with van der Waals surface area (Å²) in [7, 11) is -1.83. The summed E-state index contributed by atoms with van der Waals surface area (Å²) in [4.78, 5) is 0. The summed E-state index contributed by atoms with van der Waals surface area (Å²) in [6, 6.07) is 14.0. The Kier molecular flexibility index (Phi) is 6.65. The van der Waals surface area contributed by atoms with Gasteiger partial charge >= 0.3 is 0 Å². The fourth-order valence-corrected chi connectivity index (χ4v) is 3.74. The second kappa shape index (κ2) is 8.50. The van der Waals surface area contributed by atoms with Crippen LogP contribution >= 0.6 is 15.9 Å². The van der Waals surface area contributed by atoms with Crippen LogP contribution < -0.4 is 14.2 Å². The lowest BCUT2D eigenvalue weighted by Gasteiger charge is -2.15. The van der Waals surface area contributed by atoms with Gasteiger partial charge in [-0.25, -0.2) is 13.1 Å². The van der Waals surface area contributed by atoms with Crippen molar-refractivity contribution >= 4 is 26.0 Å². The molecule has 2 aromatic rings. The highest BCUT2D eigenvalue weighted by Crippen LogP contribution is 2.17. The van der Waals surface area contributed by atoms with Crippen molar-refractivity contribution in [3.05, 3.63) is 58.6 Å². The van der Waals surface area contributed by atoms with Crippen LogP contribution in [0.4, 0.5) is 0 Å². The van der Waals surface area contributed by atoms with Crippen LogP contribution in [0, 0.1) is 0 Å². The van der Waals surface area contributed by atoms with Crippen molar-refractivity contribution in [2.24, 2.45) is 0 Å². The number of hydrogen-bond acceptors (Lipinski definition) is 4. The maximum atomic E-state index is 12.2. The van der Waals surface area contributed by atoms with Gasteiger partial charge in [0.2, 0.25) is 10.0 Å². The van der Waals surface area contributed by atoms with Gasteiger partial charge in [0.05, 0.1) is 18.9 Å². The van der Waals surface area contributed by atoms with E-state index in [0.717, 1.165) is 15.8 Å². The Morgan fingerprint density at radius 3 is 2.21 bits per heavy atom. The van der Waals surface area contributed by atoms with Crippen molar-refractivity contribution in [1.29, 1.82) is 0 Å². The predicted molar refractivity (Wildman–Crippen MR) is 97.9 cm³/mol. The molecule has 0 aromatic heterocycles. The van der Waals surface area contributed by atoms with E-state index < -0.39 is 10.0 Å². The number of benzene rings is 2. The molecule has 130 valence electrons. The number of nitrogens with one attached hydrogen (secondary N) is 1. The standard InChI is InChI=1S/C17H20BrNO4S/c1-13(11-23-17-9-7-16(22-2)8-10-17)19-24(20,21)12-14-3-5-15(18)6-4-14/h3-10,13,19H,11-12H2,1-2H3/t13-/m1/s1. The summed E-state index contributed by atoms with van der Waals surface area (Å²) in [5.74, 6) is 1.34. The van der Waals surface area contributed by atoms with Crippen molar-refractivity contribution in [1.82, 2.24) is 4.72 Å². The molecule has 0 aliphatic heterocycles. The molecule has 1 N–H and O–H groups in total. The number of methoxy groups -OCH3 is 1. The first-order valence-corrected chi connectivity index (χ1v) is 9.84. The van der Waals surface area contributed by atoms with Gasteiger partial charge in [-0.05, 0) is 48.9 Å². The average molecular weight is 414 g/mol. The van der Waals surface area contributed by atoms with E-state index in [0.29, 0.717) is 5.75 Å². The summed E-state index contributed by atoms with van der Waals surface area (Å²) in [6.07, 6.45) is 0. The zero-order valence-corrected chi connectivity index (χ0v) is 15.9. The van der Waals surface area contributed by atoms with Gasteiger partial charge in [0.1, 0.15) is 18.1 Å². The van der Waals surface area contributed by atoms with Crippen LogP contribution in [-0.2, 0) is 15.8 Å². The Bertz CT molecular complexity index is 745. The third-order valence-corrected chi connectivity index (χ3v) is 5.21. The van der Waals surface area contributed by atoms with Crippen molar-refractivity contribution in [2.45, 2.75) is 18.7 Å². The molecule has 0 heterocycles. The first-order valence-electron chi connectivity index (χ1n) is 7.39. The molecule has 0 aliphatic carbocycles. The van der Waals surface area contributed by atoms with Crippen LogP contribution in [0.1, 0.15) is 12.5 Å². The van der Waals surface area contributed by atoms with Crippen LogP contribution in [0.5, 0.6) is 11.5 Å². The lowest BCUT2D eigenvalue weighted by Crippen LogP contribution is -2.37. The zero-order valence-electron chi connectivity index (χ0n) is 13.5. The molecule has 0 fully saturated rings. The summed E-state index contributed by atoms with van der Waals surface area (Å²) < 4.78 is 38.6. The minimum Gasteiger partial charge on any atom is -0.497 e. The second-order valence-corrected chi connectivity index (χ2v) is 8.06. The van der Waals surface area contributed by atoms with E-state index in [9.17, 15) is 8.42 Å². The van der Waals surface area contributed by atoms with Gasteiger partial charge < -0.3 is 9.47 Å². The van der Waals surface area contributed by atoms with Crippen LogP contribution in [0.25, 0.3) is 0 Å². The van der Waals surface area contributed by atoms with Crippen molar-refractivity contribution < 1.29 is 17.9 Å². The van der Waals surface area contributed by atoms with E-state index in [1.807, 2.05) is 12.1 Å². The molecule has 1 atom stereocenters. The molecule has 7 heteroatoms. The molecule has 0 spiro atoms. The van der Waals surface area contributed by atoms with Crippen molar-refractivity contribution in [2.75, 3.05) is 13.7 Å². The lowest BCUT2D eigenvalue weighted by atomic mass is 10.2. The molecule has 0 aliphatic rings. The van der Waals surface area contributed by atoms with Gasteiger partial charge in [0.25, 0.3) is 0 Å². The van der Waals surface area contributed by atoms with Gasteiger partial charge in [-0.1, -0.05) is 28.1 Å². The molecule has 0 saturated heterocycles. The Morgan fingerprint density at radius 1 is 1.04 bits per heavy atom.